The molecule has 0 aliphatic carbocycles. The lowest BCUT2D eigenvalue weighted by Crippen LogP contribution is -2.46. The van der Waals surface area contributed by atoms with Crippen molar-refractivity contribution < 1.29 is 32.9 Å². The number of phosphoric acid groups is 1. The van der Waals surface area contributed by atoms with Crippen molar-refractivity contribution in [3.05, 3.63) is 85.1 Å². The van der Waals surface area contributed by atoms with Gasteiger partial charge in [-0.3, -0.25) is 9.36 Å². The maximum atomic E-state index is 13.1. The van der Waals surface area contributed by atoms with Crippen molar-refractivity contribution in [2.45, 2.75) is 386 Å². The highest BCUT2D eigenvalue weighted by molar-refractivity contribution is 7.45. The molecule has 0 radical (unpaired) electrons. The van der Waals surface area contributed by atoms with E-state index in [1.165, 1.54) is 263 Å². The van der Waals surface area contributed by atoms with Crippen LogP contribution in [0.2, 0.25) is 0 Å². The largest absolute Gasteiger partial charge is 0.756 e. The number of hydrogen-bond acceptors (Lipinski definition) is 6. The molecule has 2 N–H and O–H groups in total. The summed E-state index contributed by atoms with van der Waals surface area (Å²) in [5.41, 5.74) is 0. The van der Waals surface area contributed by atoms with E-state index in [-0.39, 0.29) is 19.1 Å². The molecule has 0 saturated heterocycles. The van der Waals surface area contributed by atoms with Crippen LogP contribution in [0.25, 0.3) is 0 Å². The molecule has 0 aromatic carbocycles. The number of allylic oxidation sites excluding steroid dienone is 14. The fourth-order valence-electron chi connectivity index (χ4n) is 11.7. The summed E-state index contributed by atoms with van der Waals surface area (Å²) in [6.07, 6.45) is 101. The quantitative estimate of drug-likeness (QED) is 0.0272. The lowest BCUT2D eigenvalue weighted by Gasteiger charge is -2.30. The topological polar surface area (TPSA) is 108 Å². The SMILES string of the molecule is CC/C=C\C/C=C\C/C=C\C/C=C\C/C=C\C/C=C\C/C=C\CCCCCCCCCCCCCCCCCC(=O)NC(COP(=O)([O-])OCC[N+](C)(C)C)C(O)CCCCCCCCCCCCCCCCCCCCCCCCCCCCCCCCC. The minimum atomic E-state index is -4.59. The first-order valence-corrected chi connectivity index (χ1v) is 40.4. The van der Waals surface area contributed by atoms with Crippen molar-refractivity contribution in [3.63, 3.8) is 0 Å². The number of phosphoric ester groups is 1. The van der Waals surface area contributed by atoms with Crippen LogP contribution in [0.4, 0.5) is 0 Å². The molecule has 0 fully saturated rings. The number of likely N-dealkylation sites (N-methyl/N-ethyl adjacent to an activating group) is 1. The van der Waals surface area contributed by atoms with Gasteiger partial charge in [-0.15, -0.1) is 0 Å². The molecule has 0 aliphatic heterocycles. The van der Waals surface area contributed by atoms with E-state index in [1.807, 2.05) is 21.1 Å². The highest BCUT2D eigenvalue weighted by Crippen LogP contribution is 2.38. The number of carbonyl (C=O) groups excluding carboxylic acids is 1. The molecular formula is C81H151N2O6P. The molecule has 0 aromatic rings. The van der Waals surface area contributed by atoms with Crippen LogP contribution in [0.15, 0.2) is 85.1 Å². The van der Waals surface area contributed by atoms with Gasteiger partial charge in [-0.1, -0.05) is 381 Å². The van der Waals surface area contributed by atoms with Crippen LogP contribution in [0.5, 0.6) is 0 Å². The Morgan fingerprint density at radius 3 is 0.989 bits per heavy atom. The summed E-state index contributed by atoms with van der Waals surface area (Å²) in [7, 11) is 1.31. The van der Waals surface area contributed by atoms with Gasteiger partial charge in [0.1, 0.15) is 13.2 Å². The zero-order chi connectivity index (χ0) is 65.5. The van der Waals surface area contributed by atoms with E-state index >= 15 is 0 Å². The monoisotopic (exact) mass is 1280 g/mol. The summed E-state index contributed by atoms with van der Waals surface area (Å²) in [6, 6.07) is -0.807. The number of carbonyl (C=O) groups is 1. The molecule has 3 unspecified atom stereocenters. The molecule has 3 atom stereocenters. The number of unbranched alkanes of at least 4 members (excludes halogenated alkanes) is 45. The average Bonchev–Trinajstić information content (AvgIpc) is 3.18. The maximum absolute atomic E-state index is 13.1. The van der Waals surface area contributed by atoms with E-state index in [4.69, 9.17) is 9.05 Å². The molecule has 1 amide bonds. The summed E-state index contributed by atoms with van der Waals surface area (Å²) < 4.78 is 23.6. The van der Waals surface area contributed by atoms with E-state index in [0.29, 0.717) is 23.9 Å². The van der Waals surface area contributed by atoms with Crippen molar-refractivity contribution in [3.8, 4) is 0 Å². The summed E-state index contributed by atoms with van der Waals surface area (Å²) in [5.74, 6) is -0.161. The van der Waals surface area contributed by atoms with Gasteiger partial charge < -0.3 is 28.8 Å². The first-order chi connectivity index (χ1) is 44.0. The molecular weight excluding hydrogens is 1130 g/mol. The highest BCUT2D eigenvalue weighted by atomic mass is 31.2. The number of quaternary nitrogens is 1. The molecule has 526 valence electrons. The Balaban J connectivity index is 3.98. The van der Waals surface area contributed by atoms with E-state index < -0.39 is 20.0 Å². The number of aliphatic hydroxyl groups excluding tert-OH is 1. The second-order valence-electron chi connectivity index (χ2n) is 27.7. The second kappa shape index (κ2) is 71.0. The first-order valence-electron chi connectivity index (χ1n) is 38.9. The summed E-state index contributed by atoms with van der Waals surface area (Å²) in [5, 5.41) is 14.1. The fraction of sp³-hybridized carbons (Fsp3) is 0.815. The molecule has 90 heavy (non-hydrogen) atoms. The van der Waals surface area contributed by atoms with Gasteiger partial charge in [0.05, 0.1) is 39.9 Å². The van der Waals surface area contributed by atoms with Gasteiger partial charge in [0.25, 0.3) is 7.82 Å². The molecule has 0 saturated carbocycles. The Morgan fingerprint density at radius 2 is 0.678 bits per heavy atom. The molecule has 0 heterocycles. The molecule has 9 heteroatoms. The lowest BCUT2D eigenvalue weighted by atomic mass is 10.0. The van der Waals surface area contributed by atoms with Crippen molar-refractivity contribution in [1.29, 1.82) is 0 Å². The Kier molecular flexibility index (Phi) is 69.2. The predicted octanol–water partition coefficient (Wildman–Crippen LogP) is 24.8. The fourth-order valence-corrected chi connectivity index (χ4v) is 12.4. The van der Waals surface area contributed by atoms with E-state index in [9.17, 15) is 19.4 Å². The first kappa shape index (κ1) is 87.7. The Hall–Kier alpha value is -2.32. The third-order valence-corrected chi connectivity index (χ3v) is 18.6. The average molecular weight is 1280 g/mol. The third kappa shape index (κ3) is 73.1. The maximum Gasteiger partial charge on any atom is 0.268 e. The van der Waals surface area contributed by atoms with Crippen LogP contribution in [-0.2, 0) is 18.4 Å². The smallest absolute Gasteiger partial charge is 0.268 e. The number of amides is 1. The number of aliphatic hydroxyl groups is 1. The van der Waals surface area contributed by atoms with E-state index in [2.05, 4.69) is 104 Å². The van der Waals surface area contributed by atoms with Gasteiger partial charge in [0.15, 0.2) is 0 Å². The number of nitrogens with zero attached hydrogens (tertiary/aromatic N) is 1. The summed E-state index contributed by atoms with van der Waals surface area (Å²) >= 11 is 0. The van der Waals surface area contributed by atoms with Gasteiger partial charge in [-0.2, -0.15) is 0 Å². The third-order valence-electron chi connectivity index (χ3n) is 17.6. The Labute approximate surface area is 560 Å². The van der Waals surface area contributed by atoms with Crippen LogP contribution in [0, 0.1) is 0 Å². The lowest BCUT2D eigenvalue weighted by molar-refractivity contribution is -0.870. The van der Waals surface area contributed by atoms with Crippen molar-refractivity contribution in [1.82, 2.24) is 5.32 Å². The predicted molar refractivity (Wildman–Crippen MR) is 394 cm³/mol. The number of rotatable bonds is 72. The second-order valence-corrected chi connectivity index (χ2v) is 29.1. The van der Waals surface area contributed by atoms with Gasteiger partial charge in [-0.25, -0.2) is 0 Å². The zero-order valence-electron chi connectivity index (χ0n) is 60.3. The minimum Gasteiger partial charge on any atom is -0.756 e. The van der Waals surface area contributed by atoms with Crippen LogP contribution >= 0.6 is 7.82 Å². The molecule has 8 nitrogen and oxygen atoms in total. The molecule has 0 aliphatic rings. The van der Waals surface area contributed by atoms with Gasteiger partial charge in [-0.05, 0) is 70.6 Å². The van der Waals surface area contributed by atoms with E-state index in [0.717, 1.165) is 83.5 Å². The number of nitrogens with one attached hydrogen (secondary N) is 1. The van der Waals surface area contributed by atoms with Gasteiger partial charge >= 0.3 is 0 Å². The molecule has 0 rings (SSSR count). The Morgan fingerprint density at radius 1 is 0.400 bits per heavy atom. The summed E-state index contributed by atoms with van der Waals surface area (Å²) in [6.45, 7) is 4.66. The highest BCUT2D eigenvalue weighted by Gasteiger charge is 2.24. The van der Waals surface area contributed by atoms with Crippen LogP contribution < -0.4 is 10.2 Å². The van der Waals surface area contributed by atoms with Crippen molar-refractivity contribution in [2.24, 2.45) is 0 Å². The number of hydrogen-bond donors (Lipinski definition) is 2. The minimum absolute atomic E-state index is 0.0111. The summed E-state index contributed by atoms with van der Waals surface area (Å²) in [4.78, 5) is 25.7. The van der Waals surface area contributed by atoms with Crippen LogP contribution in [0.1, 0.15) is 373 Å². The Bertz CT molecular complexity index is 1750. The molecule has 0 bridgehead atoms. The standard InChI is InChI=1S/C81H151N2O6P/c1-6-8-10-12-14-16-18-20-22-24-26-28-30-32-34-36-38-39-40-41-42-43-45-47-49-51-53-55-57-59-61-63-65-67-69-71-73-75-81(85)82-79(78-89-90(86,87)88-77-76-83(3,4)5)80(84)74-72-70-68-66-64-62-60-58-56-54-52-50-48-46-44-37-35-33-31-29-27-25-23-21-19-17-15-13-11-9-7-2/h8,10,14,16,20,22,26,28,32,34,38-39,41-42,79-80,84H,6-7,9,11-13,15,17-19,21,23-25,27,29-31,33,35-37,40,43-78H2,1-5H3,(H-,82,85,86,87)/b10-8-,16-14-,22-20-,28-26-,34-32-,39-38-,42-41-. The zero-order valence-corrected chi connectivity index (χ0v) is 61.2. The molecule has 0 aromatic heterocycles. The van der Waals surface area contributed by atoms with E-state index in [1.54, 1.807) is 0 Å². The van der Waals surface area contributed by atoms with Crippen LogP contribution in [0.3, 0.4) is 0 Å². The van der Waals surface area contributed by atoms with Crippen molar-refractivity contribution in [2.75, 3.05) is 40.9 Å². The van der Waals surface area contributed by atoms with Crippen LogP contribution in [-0.4, -0.2) is 68.5 Å². The molecule has 0 spiro atoms. The van der Waals surface area contributed by atoms with Gasteiger partial charge in [0.2, 0.25) is 5.91 Å². The van der Waals surface area contributed by atoms with Crippen molar-refractivity contribution >= 4 is 13.7 Å². The van der Waals surface area contributed by atoms with Gasteiger partial charge in [0, 0.05) is 6.42 Å². The normalized spacial score (nSPS) is 14.0.